The van der Waals surface area contributed by atoms with Gasteiger partial charge in [-0.1, -0.05) is 5.16 Å². The monoisotopic (exact) mass is 278 g/mol. The van der Waals surface area contributed by atoms with Crippen molar-refractivity contribution < 1.29 is 9.32 Å². The molecule has 6 heteroatoms. The number of carbonyl (C=O) groups excluding carboxylic acids is 1. The minimum Gasteiger partial charge on any atom is -0.340 e. The Balaban J connectivity index is 1.70. The highest BCUT2D eigenvalue weighted by Crippen LogP contribution is 2.30. The molecule has 0 radical (unpaired) electrons. The summed E-state index contributed by atoms with van der Waals surface area (Å²) in [5.41, 5.74) is 0. The van der Waals surface area contributed by atoms with Gasteiger partial charge in [0.05, 0.1) is 6.54 Å². The van der Waals surface area contributed by atoms with Crippen LogP contribution in [0.25, 0.3) is 0 Å². The lowest BCUT2D eigenvalue weighted by Gasteiger charge is -2.34. The first-order chi connectivity index (χ1) is 9.65. The normalized spacial score (nSPS) is 27.4. The Morgan fingerprint density at radius 1 is 1.30 bits per heavy atom. The Morgan fingerprint density at radius 3 is 2.75 bits per heavy atom. The molecular weight excluding hydrogens is 256 g/mol. The number of hydrogen-bond acceptors (Lipinski definition) is 5. The molecule has 0 unspecified atom stereocenters. The maximum absolute atomic E-state index is 11.7. The Hall–Kier alpha value is -1.43. The molecule has 3 rings (SSSR count). The lowest BCUT2D eigenvalue weighted by molar-refractivity contribution is -0.130. The fourth-order valence-electron chi connectivity index (χ4n) is 3.65. The van der Waals surface area contributed by atoms with Gasteiger partial charge in [-0.3, -0.25) is 9.69 Å². The minimum atomic E-state index is 0.203. The van der Waals surface area contributed by atoms with Crippen LogP contribution in [0.15, 0.2) is 4.52 Å². The van der Waals surface area contributed by atoms with Crippen LogP contribution in [0.1, 0.15) is 44.3 Å². The fourth-order valence-corrected chi connectivity index (χ4v) is 3.65. The van der Waals surface area contributed by atoms with Crippen LogP contribution < -0.4 is 0 Å². The Labute approximate surface area is 119 Å². The average Bonchev–Trinajstić information content (AvgIpc) is 3.09. The molecule has 2 fully saturated rings. The largest absolute Gasteiger partial charge is 0.340 e. The van der Waals surface area contributed by atoms with Crippen LogP contribution in [0.5, 0.6) is 0 Å². The van der Waals surface area contributed by atoms with Crippen LogP contribution in [0.3, 0.4) is 0 Å². The van der Waals surface area contributed by atoms with Gasteiger partial charge in [0.15, 0.2) is 5.82 Å². The van der Waals surface area contributed by atoms with E-state index < -0.39 is 0 Å². The molecular formula is C14H22N4O2. The predicted molar refractivity (Wildman–Crippen MR) is 72.9 cm³/mol. The zero-order chi connectivity index (χ0) is 14.1. The zero-order valence-electron chi connectivity index (χ0n) is 12.2. The highest BCUT2D eigenvalue weighted by molar-refractivity contribution is 5.74. The topological polar surface area (TPSA) is 62.5 Å². The number of aromatic nitrogens is 2. The molecule has 110 valence electrons. The summed E-state index contributed by atoms with van der Waals surface area (Å²) in [7, 11) is 0. The highest BCUT2D eigenvalue weighted by atomic mass is 16.5. The number of amides is 1. The molecule has 6 nitrogen and oxygen atoms in total. The molecule has 2 saturated heterocycles. The molecule has 0 saturated carbocycles. The number of nitrogens with zero attached hydrogens (tertiary/aromatic N) is 4. The predicted octanol–water partition coefficient (Wildman–Crippen LogP) is 1.35. The van der Waals surface area contributed by atoms with Crippen molar-refractivity contribution in [2.75, 3.05) is 13.1 Å². The maximum Gasteiger partial charge on any atom is 0.223 e. The molecule has 0 bridgehead atoms. The molecule has 2 atom stereocenters. The maximum atomic E-state index is 11.7. The second-order valence-corrected chi connectivity index (χ2v) is 5.83. The Bertz CT molecular complexity index is 487. The van der Waals surface area contributed by atoms with Gasteiger partial charge >= 0.3 is 0 Å². The summed E-state index contributed by atoms with van der Waals surface area (Å²) in [6.07, 6.45) is 4.58. The van der Waals surface area contributed by atoms with Gasteiger partial charge in [-0.05, 0) is 32.2 Å². The van der Waals surface area contributed by atoms with Crippen molar-refractivity contribution >= 4 is 5.91 Å². The average molecular weight is 278 g/mol. The standard InChI is InChI=1S/C14H22N4O2/c1-10-15-14(16-20-10)9-17-7-3-5-12(17)13-6-4-8-18(13)11(2)19/h12-13H,3-9H2,1-2H3/t12-,13-/m0/s1. The van der Waals surface area contributed by atoms with E-state index in [-0.39, 0.29) is 5.91 Å². The molecule has 3 heterocycles. The van der Waals surface area contributed by atoms with E-state index in [2.05, 4.69) is 15.0 Å². The van der Waals surface area contributed by atoms with Crippen molar-refractivity contribution in [1.29, 1.82) is 0 Å². The number of hydrogen-bond donors (Lipinski definition) is 0. The van der Waals surface area contributed by atoms with E-state index in [1.165, 1.54) is 6.42 Å². The van der Waals surface area contributed by atoms with Gasteiger partial charge in [0, 0.05) is 32.5 Å². The number of rotatable bonds is 3. The summed E-state index contributed by atoms with van der Waals surface area (Å²) in [5.74, 6) is 1.57. The lowest BCUT2D eigenvalue weighted by atomic mass is 10.0. The van der Waals surface area contributed by atoms with E-state index >= 15 is 0 Å². The van der Waals surface area contributed by atoms with E-state index in [9.17, 15) is 4.79 Å². The van der Waals surface area contributed by atoms with Gasteiger partial charge < -0.3 is 9.42 Å². The van der Waals surface area contributed by atoms with Gasteiger partial charge in [-0.15, -0.1) is 0 Å². The summed E-state index contributed by atoms with van der Waals surface area (Å²) < 4.78 is 5.04. The van der Waals surface area contributed by atoms with E-state index in [1.54, 1.807) is 6.92 Å². The van der Waals surface area contributed by atoms with E-state index in [4.69, 9.17) is 4.52 Å². The SMILES string of the molecule is CC(=O)N1CCC[C@H]1[C@@H]1CCCN1Cc1noc(C)n1. The van der Waals surface area contributed by atoms with Crippen molar-refractivity contribution in [2.24, 2.45) is 0 Å². The summed E-state index contributed by atoms with van der Waals surface area (Å²) >= 11 is 0. The van der Waals surface area contributed by atoms with Crippen LogP contribution in [0, 0.1) is 6.92 Å². The first-order valence-corrected chi connectivity index (χ1v) is 7.45. The Kier molecular flexibility index (Phi) is 3.74. The molecule has 2 aliphatic heterocycles. The van der Waals surface area contributed by atoms with Gasteiger partial charge in [0.1, 0.15) is 0 Å². The number of aryl methyl sites for hydroxylation is 1. The van der Waals surface area contributed by atoms with Crippen LogP contribution in [-0.2, 0) is 11.3 Å². The van der Waals surface area contributed by atoms with Crippen LogP contribution in [-0.4, -0.2) is 51.0 Å². The summed E-state index contributed by atoms with van der Waals surface area (Å²) in [6, 6.07) is 0.809. The van der Waals surface area contributed by atoms with Crippen molar-refractivity contribution in [3.05, 3.63) is 11.7 Å². The Morgan fingerprint density at radius 2 is 2.05 bits per heavy atom. The van der Waals surface area contributed by atoms with Crippen LogP contribution in [0.2, 0.25) is 0 Å². The molecule has 0 aromatic carbocycles. The summed E-state index contributed by atoms with van der Waals surface area (Å²) in [5, 5.41) is 3.99. The van der Waals surface area contributed by atoms with E-state index in [0.717, 1.165) is 44.7 Å². The molecule has 1 aromatic heterocycles. The van der Waals surface area contributed by atoms with Gasteiger partial charge in [-0.25, -0.2) is 0 Å². The van der Waals surface area contributed by atoms with Crippen molar-refractivity contribution in [3.8, 4) is 0 Å². The number of carbonyl (C=O) groups is 1. The highest BCUT2D eigenvalue weighted by Gasteiger charge is 2.38. The second kappa shape index (κ2) is 5.52. The number of likely N-dealkylation sites (tertiary alicyclic amines) is 2. The van der Waals surface area contributed by atoms with Crippen molar-refractivity contribution in [1.82, 2.24) is 19.9 Å². The van der Waals surface area contributed by atoms with Crippen LogP contribution >= 0.6 is 0 Å². The molecule has 1 amide bonds. The minimum absolute atomic E-state index is 0.203. The molecule has 0 N–H and O–H groups in total. The van der Waals surface area contributed by atoms with Crippen LogP contribution in [0.4, 0.5) is 0 Å². The molecule has 2 aliphatic rings. The van der Waals surface area contributed by atoms with E-state index in [0.29, 0.717) is 18.0 Å². The van der Waals surface area contributed by atoms with Gasteiger partial charge in [0.25, 0.3) is 0 Å². The second-order valence-electron chi connectivity index (χ2n) is 5.83. The molecule has 1 aromatic rings. The molecule has 0 spiro atoms. The third-order valence-corrected chi connectivity index (χ3v) is 4.48. The van der Waals surface area contributed by atoms with Crippen molar-refractivity contribution in [2.45, 2.75) is 58.2 Å². The quantitative estimate of drug-likeness (QED) is 0.835. The molecule has 0 aliphatic carbocycles. The molecule has 20 heavy (non-hydrogen) atoms. The summed E-state index contributed by atoms with van der Waals surface area (Å²) in [4.78, 5) is 20.5. The zero-order valence-corrected chi connectivity index (χ0v) is 12.2. The smallest absolute Gasteiger partial charge is 0.223 e. The first-order valence-electron chi connectivity index (χ1n) is 7.45. The third kappa shape index (κ3) is 2.57. The first kappa shape index (κ1) is 13.5. The van der Waals surface area contributed by atoms with Gasteiger partial charge in [0.2, 0.25) is 11.8 Å². The summed E-state index contributed by atoms with van der Waals surface area (Å²) in [6.45, 7) is 6.18. The van der Waals surface area contributed by atoms with Gasteiger partial charge in [-0.2, -0.15) is 4.98 Å². The van der Waals surface area contributed by atoms with Crippen molar-refractivity contribution in [3.63, 3.8) is 0 Å². The lowest BCUT2D eigenvalue weighted by Crippen LogP contribution is -2.47. The fraction of sp³-hybridized carbons (Fsp3) is 0.786. The van der Waals surface area contributed by atoms with E-state index in [1.807, 2.05) is 11.8 Å². The third-order valence-electron chi connectivity index (χ3n) is 4.48.